The molecule has 0 unspecified atom stereocenters. The van der Waals surface area contributed by atoms with Gasteiger partial charge in [0.1, 0.15) is 5.02 Å². The van der Waals surface area contributed by atoms with Gasteiger partial charge in [0.2, 0.25) is 11.1 Å². The average Bonchev–Trinajstić information content (AvgIpc) is 3.57. The van der Waals surface area contributed by atoms with Gasteiger partial charge in [-0.25, -0.2) is 4.39 Å². The lowest BCUT2D eigenvalue weighted by Gasteiger charge is -2.15. The molecule has 1 fully saturated rings. The summed E-state index contributed by atoms with van der Waals surface area (Å²) in [6, 6.07) is 5.32. The van der Waals surface area contributed by atoms with Crippen LogP contribution in [0, 0.1) is 17.7 Å². The molecule has 0 aliphatic heterocycles. The van der Waals surface area contributed by atoms with Gasteiger partial charge in [0.15, 0.2) is 5.82 Å². The molecule has 0 spiro atoms. The molecule has 0 saturated heterocycles. The Morgan fingerprint density at radius 3 is 2.58 bits per heavy atom. The highest BCUT2D eigenvalue weighted by Crippen LogP contribution is 2.46. The number of nitrogens with zero attached hydrogens (tertiary/aromatic N) is 4. The Morgan fingerprint density at radius 2 is 1.95 bits per heavy atom. The van der Waals surface area contributed by atoms with Crippen molar-refractivity contribution in [2.24, 2.45) is 5.73 Å². The summed E-state index contributed by atoms with van der Waals surface area (Å²) in [5, 5.41) is 12.8. The summed E-state index contributed by atoms with van der Waals surface area (Å²) in [4.78, 5) is 12.6. The van der Waals surface area contributed by atoms with E-state index in [2.05, 4.69) is 32.7 Å². The van der Waals surface area contributed by atoms with Crippen LogP contribution in [0.2, 0.25) is 10.0 Å². The normalized spacial score (nSPS) is 13.7. The minimum absolute atomic E-state index is 0.00906. The Labute approximate surface area is 229 Å². The number of nitrogens with one attached hydrogen (secondary N) is 1. The predicted octanol–water partition coefficient (Wildman–Crippen LogP) is 5.82. The van der Waals surface area contributed by atoms with Crippen LogP contribution >= 0.6 is 35.0 Å². The van der Waals surface area contributed by atoms with E-state index >= 15 is 0 Å². The molecule has 1 amide bonds. The van der Waals surface area contributed by atoms with Crippen molar-refractivity contribution in [3.63, 3.8) is 0 Å². The van der Waals surface area contributed by atoms with Gasteiger partial charge < -0.3 is 11.1 Å². The van der Waals surface area contributed by atoms with E-state index in [1.165, 1.54) is 18.2 Å². The van der Waals surface area contributed by atoms with E-state index in [0.717, 1.165) is 35.4 Å². The van der Waals surface area contributed by atoms with Crippen molar-refractivity contribution in [3.05, 3.63) is 56.8 Å². The van der Waals surface area contributed by atoms with Crippen molar-refractivity contribution < 1.29 is 22.4 Å². The van der Waals surface area contributed by atoms with Crippen molar-refractivity contribution in [1.29, 1.82) is 0 Å². The van der Waals surface area contributed by atoms with Gasteiger partial charge in [-0.2, -0.15) is 17.9 Å². The number of thioether (sulfide) groups is 1. The van der Waals surface area contributed by atoms with Crippen LogP contribution in [0.3, 0.4) is 0 Å². The van der Waals surface area contributed by atoms with E-state index < -0.39 is 34.0 Å². The van der Waals surface area contributed by atoms with E-state index in [1.807, 2.05) is 0 Å². The minimum atomic E-state index is -4.67. The number of nitrogens with two attached hydrogens (primary N) is 1. The van der Waals surface area contributed by atoms with Gasteiger partial charge >= 0.3 is 6.18 Å². The van der Waals surface area contributed by atoms with Gasteiger partial charge in [-0.15, -0.1) is 5.10 Å². The summed E-state index contributed by atoms with van der Waals surface area (Å²) in [6.45, 7) is 3.32. The SMILES string of the molecule is CC(C)(N)C#Cc1ccc(NC(=O)CSc2nnnn2-c2cc(C3CC3)cc(C(F)(F)F)c2Cl)c(Cl)c1F. The lowest BCUT2D eigenvalue weighted by molar-refractivity contribution is -0.137. The summed E-state index contributed by atoms with van der Waals surface area (Å²) in [5.41, 5.74) is 4.44. The van der Waals surface area contributed by atoms with Crippen molar-refractivity contribution >= 4 is 46.6 Å². The van der Waals surface area contributed by atoms with Gasteiger partial charge in [0.05, 0.1) is 38.8 Å². The molecule has 0 bridgehead atoms. The van der Waals surface area contributed by atoms with Crippen molar-refractivity contribution in [2.45, 2.75) is 49.5 Å². The van der Waals surface area contributed by atoms with E-state index in [0.29, 0.717) is 5.56 Å². The zero-order valence-electron chi connectivity index (χ0n) is 20.0. The molecule has 7 nitrogen and oxygen atoms in total. The lowest BCUT2D eigenvalue weighted by Crippen LogP contribution is -2.29. The molecule has 1 aliphatic carbocycles. The Kier molecular flexibility index (Phi) is 7.95. The van der Waals surface area contributed by atoms with Crippen molar-refractivity contribution in [3.8, 4) is 17.5 Å². The number of hydrogen-bond donors (Lipinski definition) is 2. The zero-order chi connectivity index (χ0) is 27.8. The first-order valence-corrected chi connectivity index (χ1v) is 12.9. The number of carbonyl (C=O) groups is 1. The molecule has 0 radical (unpaired) electrons. The van der Waals surface area contributed by atoms with Crippen molar-refractivity contribution in [2.75, 3.05) is 11.1 Å². The molecule has 14 heteroatoms. The van der Waals surface area contributed by atoms with E-state index in [4.69, 9.17) is 28.9 Å². The molecule has 1 heterocycles. The molecule has 1 aliphatic rings. The summed E-state index contributed by atoms with van der Waals surface area (Å²) < 4.78 is 56.6. The molecule has 0 atom stereocenters. The molecule has 38 heavy (non-hydrogen) atoms. The number of amides is 1. The molecule has 3 aromatic rings. The first-order chi connectivity index (χ1) is 17.7. The van der Waals surface area contributed by atoms with Crippen LogP contribution < -0.4 is 11.1 Å². The van der Waals surface area contributed by atoms with E-state index in [9.17, 15) is 22.4 Å². The molecule has 1 aromatic heterocycles. The van der Waals surface area contributed by atoms with Gasteiger partial charge in [-0.05, 0) is 72.9 Å². The van der Waals surface area contributed by atoms with Gasteiger partial charge in [-0.3, -0.25) is 4.79 Å². The third kappa shape index (κ3) is 6.58. The second-order valence-corrected chi connectivity index (χ2v) is 10.8. The fourth-order valence-corrected chi connectivity index (χ4v) is 4.54. The van der Waals surface area contributed by atoms with Gasteiger partial charge in [-0.1, -0.05) is 46.8 Å². The summed E-state index contributed by atoms with van der Waals surface area (Å²) in [6.07, 6.45) is -3.12. The Bertz CT molecular complexity index is 1460. The number of aromatic nitrogens is 4. The molecule has 3 N–H and O–H groups in total. The molecular weight excluding hydrogens is 567 g/mol. The van der Waals surface area contributed by atoms with Gasteiger partial charge in [0, 0.05) is 0 Å². The third-order valence-electron chi connectivity index (χ3n) is 5.31. The number of benzene rings is 2. The highest BCUT2D eigenvalue weighted by molar-refractivity contribution is 7.99. The monoisotopic (exact) mass is 586 g/mol. The highest BCUT2D eigenvalue weighted by atomic mass is 35.5. The molecule has 200 valence electrons. The fourth-order valence-electron chi connectivity index (χ4n) is 3.35. The van der Waals surface area contributed by atoms with Crippen LogP contribution in [-0.4, -0.2) is 37.4 Å². The van der Waals surface area contributed by atoms with E-state index in [1.54, 1.807) is 13.8 Å². The van der Waals surface area contributed by atoms with E-state index in [-0.39, 0.29) is 38.8 Å². The Morgan fingerprint density at radius 1 is 1.24 bits per heavy atom. The van der Waals surface area contributed by atoms with Gasteiger partial charge in [0.25, 0.3) is 0 Å². The van der Waals surface area contributed by atoms with Crippen LogP contribution in [-0.2, 0) is 11.0 Å². The number of rotatable bonds is 6. The lowest BCUT2D eigenvalue weighted by atomic mass is 10.0. The standard InChI is InChI=1S/C24H20Cl2F4N6OS/c1-23(2,31)8-7-13-5-6-16(20(26)21(13)27)32-18(37)11-38-22-33-34-35-36(22)17-10-14(12-3-4-12)9-15(19(17)25)24(28,29)30/h5-6,9-10,12H,3-4,11,31H2,1-2H3,(H,32,37). The van der Waals surface area contributed by atoms with Crippen LogP contribution in [0.25, 0.3) is 5.69 Å². The maximum Gasteiger partial charge on any atom is 0.417 e. The zero-order valence-corrected chi connectivity index (χ0v) is 22.3. The topological polar surface area (TPSA) is 98.7 Å². The predicted molar refractivity (Wildman–Crippen MR) is 137 cm³/mol. The first kappa shape index (κ1) is 28.2. The molecule has 2 aromatic carbocycles. The molecule has 1 saturated carbocycles. The van der Waals surface area contributed by atoms with Crippen LogP contribution in [0.1, 0.15) is 49.3 Å². The number of tetrazole rings is 1. The smallest absolute Gasteiger partial charge is 0.324 e. The maximum atomic E-state index is 14.6. The second-order valence-electron chi connectivity index (χ2n) is 9.14. The number of halogens is 6. The molecular formula is C24H20Cl2F4N6OS. The Hall–Kier alpha value is -2.85. The number of anilines is 1. The maximum absolute atomic E-state index is 14.6. The summed E-state index contributed by atoms with van der Waals surface area (Å²) in [5.74, 6) is 3.66. The summed E-state index contributed by atoms with van der Waals surface area (Å²) in [7, 11) is 0. The number of hydrogen-bond acceptors (Lipinski definition) is 6. The fraction of sp³-hybridized carbons (Fsp3) is 0.333. The largest absolute Gasteiger partial charge is 0.417 e. The van der Waals surface area contributed by atoms with Crippen LogP contribution in [0.15, 0.2) is 29.4 Å². The second kappa shape index (κ2) is 10.7. The first-order valence-electron chi connectivity index (χ1n) is 11.2. The third-order valence-corrected chi connectivity index (χ3v) is 6.99. The Balaban J connectivity index is 1.51. The van der Waals surface area contributed by atoms with Crippen LogP contribution in [0.4, 0.5) is 23.2 Å². The molecule has 4 rings (SSSR count). The average molecular weight is 587 g/mol. The summed E-state index contributed by atoms with van der Waals surface area (Å²) >= 11 is 13.1. The quantitative estimate of drug-likeness (QED) is 0.214. The minimum Gasteiger partial charge on any atom is -0.324 e. The number of alkyl halides is 3. The van der Waals surface area contributed by atoms with Crippen molar-refractivity contribution in [1.82, 2.24) is 20.2 Å². The number of carbonyl (C=O) groups excluding carboxylic acids is 1. The highest BCUT2D eigenvalue weighted by Gasteiger charge is 2.37. The van der Waals surface area contributed by atoms with Crippen LogP contribution in [0.5, 0.6) is 0 Å².